The molecule has 3 nitrogen and oxygen atoms in total. The highest BCUT2D eigenvalue weighted by molar-refractivity contribution is 5.85. The Bertz CT molecular complexity index is 254. The SMILES string of the molecule is Cl.NCC(F)(F)CNC(=O)C1CC(F)(F)C1. The quantitative estimate of drug-likeness (QED) is 0.749. The second-order valence-electron chi connectivity index (χ2n) is 3.74. The number of nitrogens with one attached hydrogen (secondary N) is 1. The summed E-state index contributed by atoms with van der Waals surface area (Å²) in [5, 5.41) is 1.91. The highest BCUT2D eigenvalue weighted by Gasteiger charge is 2.48. The summed E-state index contributed by atoms with van der Waals surface area (Å²) in [4.78, 5) is 11.1. The van der Waals surface area contributed by atoms with Crippen molar-refractivity contribution in [3.63, 3.8) is 0 Å². The highest BCUT2D eigenvalue weighted by Crippen LogP contribution is 2.42. The Hall–Kier alpha value is -0.560. The van der Waals surface area contributed by atoms with Crippen LogP contribution < -0.4 is 11.1 Å². The lowest BCUT2D eigenvalue weighted by atomic mass is 9.81. The van der Waals surface area contributed by atoms with Gasteiger partial charge in [-0.15, -0.1) is 12.4 Å². The summed E-state index contributed by atoms with van der Waals surface area (Å²) in [5.74, 6) is -7.61. The van der Waals surface area contributed by atoms with Crippen molar-refractivity contribution in [2.24, 2.45) is 11.7 Å². The fourth-order valence-corrected chi connectivity index (χ4v) is 1.28. The standard InChI is InChI=1S/C8H12F4N2O.ClH/c9-7(10)1-5(2-7)6(15)14-4-8(11,12)3-13;/h5H,1-4,13H2,(H,14,15);1H. The van der Waals surface area contributed by atoms with E-state index in [2.05, 4.69) is 0 Å². The van der Waals surface area contributed by atoms with E-state index in [1.165, 1.54) is 0 Å². The van der Waals surface area contributed by atoms with Crippen LogP contribution in [0, 0.1) is 5.92 Å². The molecule has 0 radical (unpaired) electrons. The summed E-state index contributed by atoms with van der Waals surface area (Å²) in [5.41, 5.74) is 4.74. The Labute approximate surface area is 96.2 Å². The Morgan fingerprint density at radius 3 is 2.31 bits per heavy atom. The first-order valence-electron chi connectivity index (χ1n) is 4.49. The topological polar surface area (TPSA) is 55.1 Å². The van der Waals surface area contributed by atoms with Gasteiger partial charge in [0, 0.05) is 18.8 Å². The van der Waals surface area contributed by atoms with Gasteiger partial charge in [0.25, 0.3) is 5.92 Å². The van der Waals surface area contributed by atoms with Gasteiger partial charge in [-0.2, -0.15) is 0 Å². The Balaban J connectivity index is 0.00000225. The van der Waals surface area contributed by atoms with Crippen LogP contribution in [0.5, 0.6) is 0 Å². The van der Waals surface area contributed by atoms with Crippen LogP contribution in [0.15, 0.2) is 0 Å². The van der Waals surface area contributed by atoms with Gasteiger partial charge in [0.05, 0.1) is 13.1 Å². The monoisotopic (exact) mass is 264 g/mol. The van der Waals surface area contributed by atoms with Crippen LogP contribution >= 0.6 is 12.4 Å². The summed E-state index contributed by atoms with van der Waals surface area (Å²) >= 11 is 0. The number of rotatable bonds is 4. The molecule has 0 aromatic heterocycles. The van der Waals surface area contributed by atoms with Gasteiger partial charge in [-0.1, -0.05) is 0 Å². The maximum absolute atomic E-state index is 12.6. The smallest absolute Gasteiger partial charge is 0.277 e. The minimum absolute atomic E-state index is 0. The van der Waals surface area contributed by atoms with Crippen LogP contribution in [0.4, 0.5) is 17.6 Å². The van der Waals surface area contributed by atoms with E-state index in [0.29, 0.717) is 0 Å². The Morgan fingerprint density at radius 1 is 1.44 bits per heavy atom. The second kappa shape index (κ2) is 5.18. The van der Waals surface area contributed by atoms with Crippen molar-refractivity contribution >= 4 is 18.3 Å². The molecule has 0 heterocycles. The maximum atomic E-state index is 12.6. The third kappa shape index (κ3) is 4.13. The molecule has 16 heavy (non-hydrogen) atoms. The number of hydrogen-bond acceptors (Lipinski definition) is 2. The minimum atomic E-state index is -3.18. The third-order valence-corrected chi connectivity index (χ3v) is 2.28. The zero-order valence-corrected chi connectivity index (χ0v) is 9.13. The van der Waals surface area contributed by atoms with Crippen molar-refractivity contribution in [3.8, 4) is 0 Å². The zero-order valence-electron chi connectivity index (χ0n) is 8.31. The van der Waals surface area contributed by atoms with E-state index in [-0.39, 0.29) is 12.4 Å². The fourth-order valence-electron chi connectivity index (χ4n) is 1.28. The van der Waals surface area contributed by atoms with Gasteiger partial charge in [0.1, 0.15) is 0 Å². The molecule has 1 aliphatic carbocycles. The molecular formula is C8H13ClF4N2O. The molecule has 0 aromatic carbocycles. The largest absolute Gasteiger partial charge is 0.350 e. The van der Waals surface area contributed by atoms with E-state index in [4.69, 9.17) is 5.73 Å². The number of carbonyl (C=O) groups excluding carboxylic acids is 1. The molecule has 0 unspecified atom stereocenters. The predicted molar refractivity (Wildman–Crippen MR) is 51.9 cm³/mol. The Kier molecular flexibility index (Phi) is 5.00. The van der Waals surface area contributed by atoms with Crippen LogP contribution in [-0.4, -0.2) is 30.8 Å². The summed E-state index contributed by atoms with van der Waals surface area (Å²) < 4.78 is 49.8. The first-order valence-corrected chi connectivity index (χ1v) is 4.49. The third-order valence-electron chi connectivity index (χ3n) is 2.28. The molecule has 0 aromatic rings. The zero-order chi connectivity index (χ0) is 11.7. The van der Waals surface area contributed by atoms with Crippen molar-refractivity contribution in [1.82, 2.24) is 5.32 Å². The van der Waals surface area contributed by atoms with E-state index in [1.54, 1.807) is 0 Å². The van der Waals surface area contributed by atoms with Gasteiger partial charge in [-0.05, 0) is 0 Å². The fraction of sp³-hybridized carbons (Fsp3) is 0.875. The summed E-state index contributed by atoms with van der Waals surface area (Å²) in [7, 11) is 0. The van der Waals surface area contributed by atoms with Crippen LogP contribution in [0.3, 0.4) is 0 Å². The van der Waals surface area contributed by atoms with E-state index >= 15 is 0 Å². The summed E-state index contributed by atoms with van der Waals surface area (Å²) in [6, 6.07) is 0. The van der Waals surface area contributed by atoms with Crippen LogP contribution in [0.1, 0.15) is 12.8 Å². The number of alkyl halides is 4. The molecule has 1 amide bonds. The van der Waals surface area contributed by atoms with Gasteiger partial charge in [0.2, 0.25) is 11.8 Å². The van der Waals surface area contributed by atoms with Crippen molar-refractivity contribution in [1.29, 1.82) is 0 Å². The van der Waals surface area contributed by atoms with E-state index < -0.39 is 49.6 Å². The molecule has 1 aliphatic rings. The number of nitrogens with two attached hydrogens (primary N) is 1. The number of halogens is 5. The van der Waals surface area contributed by atoms with Crippen LogP contribution in [-0.2, 0) is 4.79 Å². The Morgan fingerprint density at radius 2 is 1.94 bits per heavy atom. The van der Waals surface area contributed by atoms with Gasteiger partial charge in [-0.3, -0.25) is 4.79 Å². The number of amides is 1. The average molecular weight is 265 g/mol. The lowest BCUT2D eigenvalue weighted by Crippen LogP contribution is -2.48. The molecule has 0 bridgehead atoms. The molecule has 0 saturated heterocycles. The summed E-state index contributed by atoms with van der Waals surface area (Å²) in [6.45, 7) is -1.78. The maximum Gasteiger partial charge on any atom is 0.277 e. The van der Waals surface area contributed by atoms with Crippen molar-refractivity contribution in [2.45, 2.75) is 24.7 Å². The van der Waals surface area contributed by atoms with Crippen molar-refractivity contribution in [3.05, 3.63) is 0 Å². The molecule has 1 fully saturated rings. The van der Waals surface area contributed by atoms with Gasteiger partial charge >= 0.3 is 0 Å². The van der Waals surface area contributed by atoms with Crippen LogP contribution in [0.2, 0.25) is 0 Å². The molecule has 1 rings (SSSR count). The number of carbonyl (C=O) groups is 1. The van der Waals surface area contributed by atoms with Crippen LogP contribution in [0.25, 0.3) is 0 Å². The van der Waals surface area contributed by atoms with E-state index in [1.807, 2.05) is 5.32 Å². The van der Waals surface area contributed by atoms with Crippen molar-refractivity contribution in [2.75, 3.05) is 13.1 Å². The molecular weight excluding hydrogens is 252 g/mol. The van der Waals surface area contributed by atoms with Crippen molar-refractivity contribution < 1.29 is 22.4 Å². The first-order chi connectivity index (χ1) is 6.76. The molecule has 0 aliphatic heterocycles. The molecule has 1 saturated carbocycles. The number of hydrogen-bond donors (Lipinski definition) is 2. The minimum Gasteiger partial charge on any atom is -0.350 e. The predicted octanol–water partition coefficient (Wildman–Crippen LogP) is 1.16. The highest BCUT2D eigenvalue weighted by atomic mass is 35.5. The van der Waals surface area contributed by atoms with Gasteiger partial charge < -0.3 is 11.1 Å². The lowest BCUT2D eigenvalue weighted by Gasteiger charge is -2.33. The molecule has 96 valence electrons. The lowest BCUT2D eigenvalue weighted by molar-refractivity contribution is -0.151. The second-order valence-corrected chi connectivity index (χ2v) is 3.74. The van der Waals surface area contributed by atoms with E-state index in [9.17, 15) is 22.4 Å². The van der Waals surface area contributed by atoms with Gasteiger partial charge in [-0.25, -0.2) is 17.6 Å². The molecule has 0 spiro atoms. The van der Waals surface area contributed by atoms with Gasteiger partial charge in [0.15, 0.2) is 0 Å². The average Bonchev–Trinajstić information content (AvgIpc) is 2.10. The molecule has 8 heteroatoms. The molecule has 0 atom stereocenters. The molecule has 3 N–H and O–H groups in total. The summed E-state index contributed by atoms with van der Waals surface area (Å²) in [6.07, 6.45) is -1.12. The normalized spacial score (nSPS) is 19.6. The van der Waals surface area contributed by atoms with E-state index in [0.717, 1.165) is 0 Å². The first kappa shape index (κ1) is 15.4.